The van der Waals surface area contributed by atoms with Crippen molar-refractivity contribution in [3.63, 3.8) is 0 Å². The molecule has 1 rings (SSSR count). The highest BCUT2D eigenvalue weighted by Crippen LogP contribution is 2.19. The summed E-state index contributed by atoms with van der Waals surface area (Å²) in [7, 11) is 0. The second-order valence-electron chi connectivity index (χ2n) is 3.94. The van der Waals surface area contributed by atoms with E-state index in [1.54, 1.807) is 0 Å². The van der Waals surface area contributed by atoms with Crippen LogP contribution in [0, 0.1) is 0 Å². The molecule has 0 aromatic carbocycles. The second-order valence-corrected chi connectivity index (χ2v) is 3.94. The maximum Gasteiger partial charge on any atom is 0.0789 e. The topological polar surface area (TPSA) is 49.5 Å². The van der Waals surface area contributed by atoms with Gasteiger partial charge in [0.25, 0.3) is 0 Å². The van der Waals surface area contributed by atoms with E-state index in [9.17, 15) is 5.11 Å². The Morgan fingerprint density at radius 1 is 1.54 bits per heavy atom. The minimum absolute atomic E-state index is 0.341. The number of nitrogens with two attached hydrogens (primary N) is 1. The standard InChI is InChI=1S/C10H22N2O/c1-2-9-5-3-4-6-12(9)8-10(13)7-11/h9-10,13H,2-8,11H2,1H3/t9-,10?/m0/s1. The zero-order valence-corrected chi connectivity index (χ0v) is 8.58. The zero-order valence-electron chi connectivity index (χ0n) is 8.58. The zero-order chi connectivity index (χ0) is 9.68. The Morgan fingerprint density at radius 3 is 2.92 bits per heavy atom. The third kappa shape index (κ3) is 3.25. The largest absolute Gasteiger partial charge is 0.390 e. The Labute approximate surface area is 80.9 Å². The van der Waals surface area contributed by atoms with E-state index in [2.05, 4.69) is 11.8 Å². The number of piperidine rings is 1. The van der Waals surface area contributed by atoms with E-state index in [0.717, 1.165) is 13.1 Å². The van der Waals surface area contributed by atoms with E-state index in [0.29, 0.717) is 12.6 Å². The monoisotopic (exact) mass is 186 g/mol. The van der Waals surface area contributed by atoms with Gasteiger partial charge in [-0.25, -0.2) is 0 Å². The molecule has 3 nitrogen and oxygen atoms in total. The molecule has 0 amide bonds. The Hall–Kier alpha value is -0.120. The van der Waals surface area contributed by atoms with Crippen LogP contribution < -0.4 is 5.73 Å². The maximum absolute atomic E-state index is 9.46. The molecule has 0 spiro atoms. The first-order chi connectivity index (χ1) is 6.27. The third-order valence-corrected chi connectivity index (χ3v) is 2.94. The molecular weight excluding hydrogens is 164 g/mol. The lowest BCUT2D eigenvalue weighted by Crippen LogP contribution is -2.45. The molecule has 3 heteroatoms. The van der Waals surface area contributed by atoms with Crippen molar-refractivity contribution in [3.8, 4) is 0 Å². The summed E-state index contributed by atoms with van der Waals surface area (Å²) in [6.07, 6.45) is 4.75. The lowest BCUT2D eigenvalue weighted by atomic mass is 9.99. The average Bonchev–Trinajstić information content (AvgIpc) is 2.18. The van der Waals surface area contributed by atoms with Crippen LogP contribution in [0.3, 0.4) is 0 Å². The van der Waals surface area contributed by atoms with Crippen molar-refractivity contribution < 1.29 is 5.11 Å². The first-order valence-electron chi connectivity index (χ1n) is 5.40. The summed E-state index contributed by atoms with van der Waals surface area (Å²) in [4.78, 5) is 2.39. The van der Waals surface area contributed by atoms with Crippen molar-refractivity contribution in [3.05, 3.63) is 0 Å². The fraction of sp³-hybridized carbons (Fsp3) is 1.00. The van der Waals surface area contributed by atoms with Crippen molar-refractivity contribution in [2.24, 2.45) is 5.73 Å². The highest BCUT2D eigenvalue weighted by atomic mass is 16.3. The SMILES string of the molecule is CC[C@H]1CCCCN1CC(O)CN. The molecule has 0 saturated carbocycles. The van der Waals surface area contributed by atoms with Gasteiger partial charge in [-0.1, -0.05) is 13.3 Å². The van der Waals surface area contributed by atoms with Gasteiger partial charge in [0.2, 0.25) is 0 Å². The lowest BCUT2D eigenvalue weighted by Gasteiger charge is -2.36. The van der Waals surface area contributed by atoms with Crippen molar-refractivity contribution in [1.82, 2.24) is 4.90 Å². The molecule has 0 bridgehead atoms. The van der Waals surface area contributed by atoms with Crippen molar-refractivity contribution in [1.29, 1.82) is 0 Å². The van der Waals surface area contributed by atoms with Gasteiger partial charge in [-0.2, -0.15) is 0 Å². The van der Waals surface area contributed by atoms with Crippen molar-refractivity contribution >= 4 is 0 Å². The molecule has 1 heterocycles. The van der Waals surface area contributed by atoms with Crippen molar-refractivity contribution in [2.45, 2.75) is 44.8 Å². The molecule has 3 N–H and O–H groups in total. The summed E-state index contributed by atoms with van der Waals surface area (Å²) in [5.74, 6) is 0. The average molecular weight is 186 g/mol. The van der Waals surface area contributed by atoms with E-state index >= 15 is 0 Å². The van der Waals surface area contributed by atoms with Gasteiger partial charge in [-0.15, -0.1) is 0 Å². The lowest BCUT2D eigenvalue weighted by molar-refractivity contribution is 0.0701. The number of aliphatic hydroxyl groups excluding tert-OH is 1. The van der Waals surface area contributed by atoms with E-state index in [-0.39, 0.29) is 6.10 Å². The second kappa shape index (κ2) is 5.58. The van der Waals surface area contributed by atoms with E-state index < -0.39 is 0 Å². The number of aliphatic hydroxyl groups is 1. The predicted octanol–water partition coefficient (Wildman–Crippen LogP) is 0.571. The number of hydrogen-bond donors (Lipinski definition) is 2. The summed E-state index contributed by atoms with van der Waals surface area (Å²) in [6.45, 7) is 4.50. The third-order valence-electron chi connectivity index (χ3n) is 2.94. The summed E-state index contributed by atoms with van der Waals surface area (Å²) < 4.78 is 0. The summed E-state index contributed by atoms with van der Waals surface area (Å²) in [5, 5.41) is 9.46. The van der Waals surface area contributed by atoms with Crippen LogP contribution in [-0.2, 0) is 0 Å². The van der Waals surface area contributed by atoms with Crippen LogP contribution in [0.5, 0.6) is 0 Å². The molecule has 1 aliphatic heterocycles. The quantitative estimate of drug-likeness (QED) is 0.675. The fourth-order valence-electron chi connectivity index (χ4n) is 2.11. The van der Waals surface area contributed by atoms with Gasteiger partial charge in [0, 0.05) is 19.1 Å². The molecule has 0 aliphatic carbocycles. The molecule has 0 aromatic rings. The predicted molar refractivity (Wildman–Crippen MR) is 54.6 cm³/mol. The van der Waals surface area contributed by atoms with Gasteiger partial charge >= 0.3 is 0 Å². The molecule has 1 fully saturated rings. The normalized spacial score (nSPS) is 27.5. The molecule has 13 heavy (non-hydrogen) atoms. The Bertz CT molecular complexity index is 141. The van der Waals surface area contributed by atoms with Crippen LogP contribution in [0.15, 0.2) is 0 Å². The Morgan fingerprint density at radius 2 is 2.31 bits per heavy atom. The maximum atomic E-state index is 9.46. The minimum Gasteiger partial charge on any atom is -0.390 e. The van der Waals surface area contributed by atoms with Gasteiger partial charge in [0.15, 0.2) is 0 Å². The van der Waals surface area contributed by atoms with Crippen LogP contribution in [0.25, 0.3) is 0 Å². The Balaban J connectivity index is 2.35. The number of hydrogen-bond acceptors (Lipinski definition) is 3. The Kier molecular flexibility index (Phi) is 4.70. The molecule has 2 atom stereocenters. The summed E-state index contributed by atoms with van der Waals surface area (Å²) >= 11 is 0. The van der Waals surface area contributed by atoms with Crippen molar-refractivity contribution in [2.75, 3.05) is 19.6 Å². The van der Waals surface area contributed by atoms with Gasteiger partial charge in [0.1, 0.15) is 0 Å². The first kappa shape index (κ1) is 11.0. The molecule has 1 aliphatic rings. The number of β-amino-alcohol motifs (C(OH)–C–C–N with tert-alkyl or cyclic N) is 1. The van der Waals surface area contributed by atoms with E-state index in [4.69, 9.17) is 5.73 Å². The fourth-order valence-corrected chi connectivity index (χ4v) is 2.11. The number of likely N-dealkylation sites (tertiary alicyclic amines) is 1. The van der Waals surface area contributed by atoms with Gasteiger partial charge in [-0.3, -0.25) is 4.90 Å². The highest BCUT2D eigenvalue weighted by Gasteiger charge is 2.21. The van der Waals surface area contributed by atoms with Gasteiger partial charge < -0.3 is 10.8 Å². The molecule has 78 valence electrons. The van der Waals surface area contributed by atoms with Crippen LogP contribution >= 0.6 is 0 Å². The number of rotatable bonds is 4. The molecule has 0 radical (unpaired) electrons. The minimum atomic E-state index is -0.341. The highest BCUT2D eigenvalue weighted by molar-refractivity contribution is 4.77. The van der Waals surface area contributed by atoms with E-state index in [1.165, 1.54) is 25.7 Å². The summed E-state index contributed by atoms with van der Waals surface area (Å²) in [5.41, 5.74) is 5.40. The molecular formula is C10H22N2O. The molecule has 1 saturated heterocycles. The molecule has 0 aromatic heterocycles. The van der Waals surface area contributed by atoms with Gasteiger partial charge in [-0.05, 0) is 25.8 Å². The van der Waals surface area contributed by atoms with Crippen LogP contribution in [0.1, 0.15) is 32.6 Å². The van der Waals surface area contributed by atoms with Crippen LogP contribution in [0.2, 0.25) is 0 Å². The number of nitrogens with zero attached hydrogens (tertiary/aromatic N) is 1. The first-order valence-corrected chi connectivity index (χ1v) is 5.40. The van der Waals surface area contributed by atoms with E-state index in [1.807, 2.05) is 0 Å². The summed E-state index contributed by atoms with van der Waals surface area (Å²) in [6, 6.07) is 0.676. The smallest absolute Gasteiger partial charge is 0.0789 e. The molecule has 1 unspecified atom stereocenters. The van der Waals surface area contributed by atoms with Crippen LogP contribution in [0.4, 0.5) is 0 Å². The van der Waals surface area contributed by atoms with Crippen LogP contribution in [-0.4, -0.2) is 41.8 Å². The van der Waals surface area contributed by atoms with Gasteiger partial charge in [0.05, 0.1) is 6.10 Å².